The van der Waals surface area contributed by atoms with Crippen LogP contribution in [0, 0.1) is 11.8 Å². The van der Waals surface area contributed by atoms with Gasteiger partial charge >= 0.3 is 5.69 Å². The molecular formula is C44H53F2N11O6. The van der Waals surface area contributed by atoms with Gasteiger partial charge in [0, 0.05) is 70.7 Å². The summed E-state index contributed by atoms with van der Waals surface area (Å²) >= 11 is 0. The average molecular weight is 870 g/mol. The molecule has 2 saturated heterocycles. The topological polar surface area (TPSA) is 187 Å². The van der Waals surface area contributed by atoms with Crippen molar-refractivity contribution in [2.24, 2.45) is 18.9 Å². The second-order valence-corrected chi connectivity index (χ2v) is 17.5. The van der Waals surface area contributed by atoms with Crippen molar-refractivity contribution in [2.75, 3.05) is 57.0 Å². The van der Waals surface area contributed by atoms with Crippen LogP contribution < -0.4 is 21.6 Å². The maximum atomic E-state index is 14.2. The molecule has 3 N–H and O–H groups in total. The molecule has 0 radical (unpaired) electrons. The number of alkyl halides is 2. The van der Waals surface area contributed by atoms with Crippen molar-refractivity contribution < 1.29 is 32.3 Å². The molecule has 1 unspecified atom stereocenters. The van der Waals surface area contributed by atoms with E-state index in [1.54, 1.807) is 34.6 Å². The van der Waals surface area contributed by atoms with Gasteiger partial charge in [-0.3, -0.25) is 38.4 Å². The molecule has 4 aromatic heterocycles. The Kier molecular flexibility index (Phi) is 12.2. The van der Waals surface area contributed by atoms with E-state index in [9.17, 15) is 28.0 Å². The van der Waals surface area contributed by atoms with Crippen LogP contribution in [-0.2, 0) is 27.9 Å². The Morgan fingerprint density at radius 3 is 2.63 bits per heavy atom. The van der Waals surface area contributed by atoms with Gasteiger partial charge in [-0.05, 0) is 87.6 Å². The maximum absolute atomic E-state index is 14.2. The Labute approximate surface area is 362 Å². The molecule has 17 nitrogen and oxygen atoms in total. The number of anilines is 2. The number of carbonyl (C=O) groups is 3. The van der Waals surface area contributed by atoms with Gasteiger partial charge in [-0.25, -0.2) is 23.5 Å². The molecule has 4 aliphatic rings. The third kappa shape index (κ3) is 9.45. The molecule has 0 spiro atoms. The average Bonchev–Trinajstić information content (AvgIpc) is 3.67. The van der Waals surface area contributed by atoms with E-state index in [0.29, 0.717) is 48.4 Å². The number of aryl methyl sites for hydroxylation is 1. The highest BCUT2D eigenvalue weighted by molar-refractivity contribution is 6.03. The summed E-state index contributed by atoms with van der Waals surface area (Å²) in [5, 5.41) is 12.5. The van der Waals surface area contributed by atoms with Crippen molar-refractivity contribution in [1.29, 1.82) is 0 Å². The lowest BCUT2D eigenvalue weighted by Gasteiger charge is -2.36. The monoisotopic (exact) mass is 869 g/mol. The van der Waals surface area contributed by atoms with Crippen molar-refractivity contribution in [3.63, 3.8) is 0 Å². The number of hydrogen-bond acceptors (Lipinski definition) is 12. The smallest absolute Gasteiger partial charge is 0.329 e. The first-order valence-corrected chi connectivity index (χ1v) is 21.9. The Balaban J connectivity index is 0.766. The van der Waals surface area contributed by atoms with Gasteiger partial charge in [0.05, 0.1) is 35.5 Å². The van der Waals surface area contributed by atoms with E-state index < -0.39 is 30.0 Å². The Bertz CT molecular complexity index is 2540. The number of aromatic nitrogens is 6. The molecule has 2 atom stereocenters. The molecular weight excluding hydrogens is 817 g/mol. The summed E-state index contributed by atoms with van der Waals surface area (Å²) < 4.78 is 44.9. The van der Waals surface area contributed by atoms with Crippen LogP contribution in [-0.4, -0.2) is 109 Å². The molecule has 5 aromatic rings. The van der Waals surface area contributed by atoms with Crippen molar-refractivity contribution in [3.05, 3.63) is 76.4 Å². The minimum atomic E-state index is -2.88. The van der Waals surface area contributed by atoms with Crippen LogP contribution >= 0.6 is 0 Å². The highest BCUT2D eigenvalue weighted by atomic mass is 19.3. The first-order chi connectivity index (χ1) is 30.5. The van der Waals surface area contributed by atoms with E-state index in [-0.39, 0.29) is 53.9 Å². The number of amides is 3. The molecule has 1 aromatic carbocycles. The summed E-state index contributed by atoms with van der Waals surface area (Å²) in [5.41, 5.74) is 2.20. The minimum Gasteiger partial charge on any atom is -0.444 e. The zero-order valence-electron chi connectivity index (χ0n) is 35.5. The van der Waals surface area contributed by atoms with E-state index >= 15 is 0 Å². The number of rotatable bonds is 15. The van der Waals surface area contributed by atoms with Crippen molar-refractivity contribution in [2.45, 2.75) is 82.5 Å². The number of morpholine rings is 1. The summed E-state index contributed by atoms with van der Waals surface area (Å²) in [7, 11) is 3.82. The number of ether oxygens (including phenoxy) is 1. The van der Waals surface area contributed by atoms with Gasteiger partial charge < -0.3 is 24.7 Å². The number of hydrogen-bond donors (Lipinski definition) is 3. The number of benzene rings is 1. The third-order valence-electron chi connectivity index (χ3n) is 12.8. The first kappa shape index (κ1) is 42.5. The second-order valence-electron chi connectivity index (χ2n) is 17.5. The van der Waals surface area contributed by atoms with E-state index in [0.717, 1.165) is 62.9 Å². The third-order valence-corrected chi connectivity index (χ3v) is 12.8. The summed E-state index contributed by atoms with van der Waals surface area (Å²) in [4.78, 5) is 64.5. The zero-order valence-corrected chi connectivity index (χ0v) is 35.5. The van der Waals surface area contributed by atoms with Crippen LogP contribution in [0.3, 0.4) is 0 Å². The zero-order chi connectivity index (χ0) is 43.8. The van der Waals surface area contributed by atoms with Crippen LogP contribution in [0.5, 0.6) is 0 Å². The van der Waals surface area contributed by atoms with Gasteiger partial charge in [-0.2, -0.15) is 5.10 Å². The molecule has 2 aliphatic heterocycles. The molecule has 4 fully saturated rings. The summed E-state index contributed by atoms with van der Waals surface area (Å²) in [6.07, 6.45) is 7.64. The summed E-state index contributed by atoms with van der Waals surface area (Å²) in [5.74, 6) is 0.532. The predicted octanol–water partition coefficient (Wildman–Crippen LogP) is 5.14. The number of imidazole rings is 1. The van der Waals surface area contributed by atoms with Crippen LogP contribution in [0.4, 0.5) is 20.3 Å². The van der Waals surface area contributed by atoms with Gasteiger partial charge in [0.1, 0.15) is 18.1 Å². The Hall–Kier alpha value is -5.79. The van der Waals surface area contributed by atoms with Crippen molar-refractivity contribution >= 4 is 40.3 Å². The molecule has 19 heteroatoms. The standard InChI is InChI=1S/C44H53F2N11O6/c1-53(22-31-23-55(16-17-62-31)21-29-4-3-5-34-39(29)54(2)44(61)57(34)35-12-13-37(58)51-42(35)60)20-27-8-10-30(11-9-27)56-24-32(38(52-56)40(45)46)49-41(59)33-25-63-43(50-33)28-14-15-47-36(18-28)48-19-26-6-7-26/h3-5,14-15,18,24-27,30-31,35,40H,6-13,16-17,19-23H2,1-2H3,(H,47,48)(H,49,59)(H,51,58,60)/t27?,30?,31-,35?/m0/s1. The fraction of sp³-hybridized carbons (Fsp3) is 0.523. The number of piperidine rings is 1. The number of nitrogens with zero attached hydrogens (tertiary/aromatic N) is 8. The highest BCUT2D eigenvalue weighted by Crippen LogP contribution is 2.36. The van der Waals surface area contributed by atoms with E-state index in [2.05, 4.69) is 47.9 Å². The fourth-order valence-corrected chi connectivity index (χ4v) is 9.39. The summed E-state index contributed by atoms with van der Waals surface area (Å²) in [6, 6.07) is 8.48. The second kappa shape index (κ2) is 18.1. The largest absolute Gasteiger partial charge is 0.444 e. The van der Waals surface area contributed by atoms with Gasteiger partial charge in [0.15, 0.2) is 11.4 Å². The molecule has 2 saturated carbocycles. The lowest BCUT2D eigenvalue weighted by Crippen LogP contribution is -2.47. The Morgan fingerprint density at radius 1 is 1.05 bits per heavy atom. The van der Waals surface area contributed by atoms with Crippen molar-refractivity contribution in [3.8, 4) is 11.5 Å². The number of pyridine rings is 1. The minimum absolute atomic E-state index is 0.0205. The molecule has 3 amide bonds. The normalized spacial score (nSPS) is 22.3. The number of carbonyl (C=O) groups excluding carboxylic acids is 3. The SMILES string of the molecule is CN(CC1CCC(n2cc(NC(=O)c3coc(-c4ccnc(NCC5CC5)c4)n3)c(C(F)F)n2)CC1)C[C@H]1CN(Cc2cccc3c2n(C)c(=O)n3C2CCC(=O)NC2=O)CCO1. The van der Waals surface area contributed by atoms with Gasteiger partial charge in [-0.15, -0.1) is 0 Å². The van der Waals surface area contributed by atoms with Gasteiger partial charge in [-0.1, -0.05) is 12.1 Å². The molecule has 0 bridgehead atoms. The van der Waals surface area contributed by atoms with E-state index in [4.69, 9.17) is 9.15 Å². The number of nitrogens with one attached hydrogen (secondary N) is 3. The quantitative estimate of drug-likeness (QED) is 0.118. The van der Waals surface area contributed by atoms with Crippen LogP contribution in [0.15, 0.2) is 58.2 Å². The molecule has 334 valence electrons. The van der Waals surface area contributed by atoms with Crippen molar-refractivity contribution in [1.82, 2.24) is 44.0 Å². The van der Waals surface area contributed by atoms with Crippen LogP contribution in [0.25, 0.3) is 22.5 Å². The Morgan fingerprint density at radius 2 is 1.86 bits per heavy atom. The number of halogens is 2. The molecule has 6 heterocycles. The van der Waals surface area contributed by atoms with Crippen LogP contribution in [0.2, 0.25) is 0 Å². The first-order valence-electron chi connectivity index (χ1n) is 21.9. The van der Waals surface area contributed by atoms with Crippen LogP contribution in [0.1, 0.15) is 91.6 Å². The highest BCUT2D eigenvalue weighted by Gasteiger charge is 2.33. The van der Waals surface area contributed by atoms with E-state index in [1.165, 1.54) is 29.9 Å². The van der Waals surface area contributed by atoms with E-state index in [1.807, 2.05) is 18.2 Å². The number of para-hydroxylation sites is 1. The molecule has 9 rings (SSSR count). The molecule has 2 aliphatic carbocycles. The maximum Gasteiger partial charge on any atom is 0.329 e. The van der Waals surface area contributed by atoms with Gasteiger partial charge in [0.25, 0.3) is 12.3 Å². The molecule has 63 heavy (non-hydrogen) atoms. The number of likely N-dealkylation sites (N-methyl/N-ethyl adjacent to an activating group) is 1. The lowest BCUT2D eigenvalue weighted by molar-refractivity contribution is -0.135. The lowest BCUT2D eigenvalue weighted by atomic mass is 9.86. The number of fused-ring (bicyclic) bond motifs is 1. The summed E-state index contributed by atoms with van der Waals surface area (Å²) in [6.45, 7) is 5.07. The number of oxazole rings is 1. The predicted molar refractivity (Wildman–Crippen MR) is 228 cm³/mol. The van der Waals surface area contributed by atoms with Gasteiger partial charge in [0.2, 0.25) is 17.7 Å². The number of imide groups is 1. The fourth-order valence-electron chi connectivity index (χ4n) is 9.39.